The van der Waals surface area contributed by atoms with Gasteiger partial charge in [0, 0.05) is 32.2 Å². The van der Waals surface area contributed by atoms with Crippen LogP contribution >= 0.6 is 0 Å². The second-order valence-electron chi connectivity index (χ2n) is 5.39. The van der Waals surface area contributed by atoms with Crippen molar-refractivity contribution in [1.82, 2.24) is 13.5 Å². The minimum atomic E-state index is -3.49. The maximum absolute atomic E-state index is 12.6. The lowest BCUT2D eigenvalue weighted by molar-refractivity contribution is 0.0694. The zero-order valence-electron chi connectivity index (χ0n) is 11.5. The summed E-state index contributed by atoms with van der Waals surface area (Å²) >= 11 is 0. The molecule has 2 aliphatic rings. The van der Waals surface area contributed by atoms with Gasteiger partial charge in [-0.1, -0.05) is 0 Å². The highest BCUT2D eigenvalue weighted by molar-refractivity contribution is 7.86. The molecule has 2 heterocycles. The lowest BCUT2D eigenvalue weighted by Gasteiger charge is -2.33. The first-order valence-corrected chi connectivity index (χ1v) is 7.98. The first-order chi connectivity index (χ1) is 8.91. The normalized spacial score (nSPS) is 31.2. The van der Waals surface area contributed by atoms with Crippen LogP contribution in [0.3, 0.4) is 0 Å². The third kappa shape index (κ3) is 3.45. The van der Waals surface area contributed by atoms with Gasteiger partial charge in [-0.2, -0.15) is 17.0 Å². The summed E-state index contributed by atoms with van der Waals surface area (Å²) in [6, 6.07) is -0.155. The van der Waals surface area contributed by atoms with Crippen LogP contribution in [0.25, 0.3) is 0 Å². The molecule has 19 heavy (non-hydrogen) atoms. The summed E-state index contributed by atoms with van der Waals surface area (Å²) in [6.07, 6.45) is -0.0670. The average Bonchev–Trinajstić information content (AvgIpc) is 2.71. The van der Waals surface area contributed by atoms with Crippen molar-refractivity contribution in [3.05, 3.63) is 0 Å². The minimum Gasteiger partial charge on any atom is -0.392 e. The van der Waals surface area contributed by atoms with Gasteiger partial charge in [0.1, 0.15) is 0 Å². The summed E-state index contributed by atoms with van der Waals surface area (Å²) in [4.78, 5) is 1.95. The van der Waals surface area contributed by atoms with E-state index in [0.29, 0.717) is 39.3 Å². The fourth-order valence-corrected chi connectivity index (χ4v) is 4.46. The van der Waals surface area contributed by atoms with Gasteiger partial charge in [0.15, 0.2) is 0 Å². The Morgan fingerprint density at radius 3 is 2.53 bits per heavy atom. The van der Waals surface area contributed by atoms with E-state index < -0.39 is 16.3 Å². The van der Waals surface area contributed by atoms with E-state index in [9.17, 15) is 13.5 Å². The molecule has 0 spiro atoms. The number of ether oxygens (including phenoxy) is 1. The van der Waals surface area contributed by atoms with E-state index in [4.69, 9.17) is 4.74 Å². The van der Waals surface area contributed by atoms with E-state index >= 15 is 0 Å². The fourth-order valence-electron chi connectivity index (χ4n) is 2.66. The molecular weight excluding hydrogens is 270 g/mol. The van der Waals surface area contributed by atoms with Crippen LogP contribution in [-0.4, -0.2) is 92.7 Å². The molecule has 2 atom stereocenters. The second-order valence-corrected chi connectivity index (χ2v) is 7.28. The van der Waals surface area contributed by atoms with E-state index in [-0.39, 0.29) is 12.6 Å². The van der Waals surface area contributed by atoms with E-state index in [0.717, 1.165) is 0 Å². The Morgan fingerprint density at radius 2 is 1.95 bits per heavy atom. The lowest BCUT2D eigenvalue weighted by atomic mass is 10.2. The number of rotatable bonds is 4. The van der Waals surface area contributed by atoms with Gasteiger partial charge in [-0.05, 0) is 20.5 Å². The maximum atomic E-state index is 12.6. The minimum absolute atomic E-state index is 0.155. The van der Waals surface area contributed by atoms with Crippen LogP contribution in [0.1, 0.15) is 6.42 Å². The van der Waals surface area contributed by atoms with E-state index in [1.165, 1.54) is 8.61 Å². The van der Waals surface area contributed by atoms with Crippen LogP contribution < -0.4 is 0 Å². The highest BCUT2D eigenvalue weighted by Gasteiger charge is 2.42. The number of hydrogen-bond donors (Lipinski definition) is 1. The van der Waals surface area contributed by atoms with Gasteiger partial charge < -0.3 is 14.7 Å². The fraction of sp³-hybridized carbons (Fsp3) is 1.00. The summed E-state index contributed by atoms with van der Waals surface area (Å²) in [5.74, 6) is 0. The molecule has 0 aromatic carbocycles. The quantitative estimate of drug-likeness (QED) is 0.687. The standard InChI is InChI=1S/C11H23N3O4S/c1-12(2)8-10-7-11(15)9-14(10)19(16,17)13-3-5-18-6-4-13/h10-11,15H,3-9H2,1-2H3. The van der Waals surface area contributed by atoms with Crippen molar-refractivity contribution in [2.45, 2.75) is 18.6 Å². The van der Waals surface area contributed by atoms with Crippen LogP contribution in [0, 0.1) is 0 Å². The molecule has 2 saturated heterocycles. The summed E-state index contributed by atoms with van der Waals surface area (Å²) in [5.41, 5.74) is 0. The predicted molar refractivity (Wildman–Crippen MR) is 71.0 cm³/mol. The molecule has 2 unspecified atom stereocenters. The van der Waals surface area contributed by atoms with Crippen LogP contribution in [0.15, 0.2) is 0 Å². The van der Waals surface area contributed by atoms with E-state index in [1.54, 1.807) is 0 Å². The van der Waals surface area contributed by atoms with Gasteiger partial charge in [0.25, 0.3) is 10.2 Å². The molecule has 0 aromatic heterocycles. The van der Waals surface area contributed by atoms with Crippen LogP contribution in [0.2, 0.25) is 0 Å². The molecule has 0 saturated carbocycles. The summed E-state index contributed by atoms with van der Waals surface area (Å²) in [6.45, 7) is 2.48. The van der Waals surface area contributed by atoms with Gasteiger partial charge in [0.2, 0.25) is 0 Å². The number of β-amino-alcohol motifs (C(OH)–C–C–N with tert-alkyl or cyclic N) is 1. The van der Waals surface area contributed by atoms with Crippen LogP contribution in [0.5, 0.6) is 0 Å². The Morgan fingerprint density at radius 1 is 1.32 bits per heavy atom. The largest absolute Gasteiger partial charge is 0.392 e. The Bertz CT molecular complexity index is 395. The molecule has 2 fully saturated rings. The number of likely N-dealkylation sites (N-methyl/N-ethyl adjacent to an activating group) is 1. The second kappa shape index (κ2) is 6.02. The Kier molecular flexibility index (Phi) is 4.80. The third-order valence-electron chi connectivity index (χ3n) is 3.51. The van der Waals surface area contributed by atoms with Gasteiger partial charge in [-0.25, -0.2) is 0 Å². The predicted octanol–water partition coefficient (Wildman–Crippen LogP) is -1.44. The molecule has 1 N–H and O–H groups in total. The molecule has 2 rings (SSSR count). The first kappa shape index (κ1) is 15.1. The highest BCUT2D eigenvalue weighted by Crippen LogP contribution is 2.24. The van der Waals surface area contributed by atoms with Gasteiger partial charge in [0.05, 0.1) is 19.3 Å². The van der Waals surface area contributed by atoms with Crippen molar-refractivity contribution in [2.75, 3.05) is 53.5 Å². The van der Waals surface area contributed by atoms with E-state index in [1.807, 2.05) is 19.0 Å². The summed E-state index contributed by atoms with van der Waals surface area (Å²) < 4.78 is 33.3. The molecule has 7 nitrogen and oxygen atoms in total. The first-order valence-electron chi connectivity index (χ1n) is 6.58. The monoisotopic (exact) mass is 293 g/mol. The van der Waals surface area contributed by atoms with Gasteiger partial charge in [-0.3, -0.25) is 0 Å². The summed E-state index contributed by atoms with van der Waals surface area (Å²) in [5, 5.41) is 9.78. The van der Waals surface area contributed by atoms with Gasteiger partial charge in [-0.15, -0.1) is 0 Å². The summed E-state index contributed by atoms with van der Waals surface area (Å²) in [7, 11) is 0.324. The van der Waals surface area contributed by atoms with Crippen molar-refractivity contribution >= 4 is 10.2 Å². The van der Waals surface area contributed by atoms with Crippen molar-refractivity contribution in [1.29, 1.82) is 0 Å². The van der Waals surface area contributed by atoms with Crippen molar-refractivity contribution in [2.24, 2.45) is 0 Å². The van der Waals surface area contributed by atoms with Crippen molar-refractivity contribution < 1.29 is 18.3 Å². The van der Waals surface area contributed by atoms with Crippen molar-refractivity contribution in [3.63, 3.8) is 0 Å². The number of morpholine rings is 1. The Hall–Kier alpha value is -0.250. The SMILES string of the molecule is CN(C)CC1CC(O)CN1S(=O)(=O)N1CCOCC1. The van der Waals surface area contributed by atoms with Gasteiger partial charge >= 0.3 is 0 Å². The number of nitrogens with zero attached hydrogens (tertiary/aromatic N) is 3. The molecule has 0 amide bonds. The zero-order chi connectivity index (χ0) is 14.0. The average molecular weight is 293 g/mol. The van der Waals surface area contributed by atoms with Crippen LogP contribution in [0.4, 0.5) is 0 Å². The van der Waals surface area contributed by atoms with Crippen molar-refractivity contribution in [3.8, 4) is 0 Å². The van der Waals surface area contributed by atoms with E-state index in [2.05, 4.69) is 0 Å². The number of hydrogen-bond acceptors (Lipinski definition) is 5. The number of aliphatic hydroxyl groups excluding tert-OH is 1. The highest BCUT2D eigenvalue weighted by atomic mass is 32.2. The molecule has 8 heteroatoms. The molecule has 0 bridgehead atoms. The third-order valence-corrected chi connectivity index (χ3v) is 5.57. The Labute approximate surface area is 114 Å². The molecule has 112 valence electrons. The molecule has 0 aromatic rings. The molecule has 2 aliphatic heterocycles. The Balaban J connectivity index is 2.12. The lowest BCUT2D eigenvalue weighted by Crippen LogP contribution is -2.51. The van der Waals surface area contributed by atoms with Crippen LogP contribution in [-0.2, 0) is 14.9 Å². The zero-order valence-corrected chi connectivity index (χ0v) is 12.3. The number of aliphatic hydroxyl groups is 1. The molecule has 0 aliphatic carbocycles. The maximum Gasteiger partial charge on any atom is 0.282 e. The smallest absolute Gasteiger partial charge is 0.282 e. The molecule has 0 radical (unpaired) electrons. The molecular formula is C11H23N3O4S. The topological polar surface area (TPSA) is 73.3 Å².